The number of amides is 2. The maximum Gasteiger partial charge on any atom is 0.326 e. The molecule has 0 aromatic heterocycles. The van der Waals surface area contributed by atoms with Crippen LogP contribution in [0.3, 0.4) is 0 Å². The molecular weight excluding hydrogens is 230 g/mol. The van der Waals surface area contributed by atoms with Crippen LogP contribution < -0.4 is 16.2 Å². The van der Waals surface area contributed by atoms with Crippen LogP contribution in [0.4, 0.5) is 4.79 Å². The van der Waals surface area contributed by atoms with Gasteiger partial charge in [0.05, 0.1) is 4.90 Å². The molecule has 1 aromatic rings. The van der Waals surface area contributed by atoms with E-state index in [1.165, 1.54) is 12.1 Å². The van der Waals surface area contributed by atoms with E-state index in [9.17, 15) is 13.2 Å². The fourth-order valence-corrected chi connectivity index (χ4v) is 2.07. The minimum Gasteiger partial charge on any atom is -0.351 e. The zero-order valence-corrected chi connectivity index (χ0v) is 9.33. The van der Waals surface area contributed by atoms with Gasteiger partial charge in [0.1, 0.15) is 0 Å². The number of nitrogens with one attached hydrogen (secondary N) is 1. The molecule has 1 aromatic carbocycles. The predicted molar refractivity (Wildman–Crippen MR) is 59.1 cm³/mol. The van der Waals surface area contributed by atoms with Gasteiger partial charge in [-0.1, -0.05) is 12.1 Å². The Morgan fingerprint density at radius 3 is 2.25 bits per heavy atom. The van der Waals surface area contributed by atoms with Crippen molar-refractivity contribution in [1.82, 2.24) is 4.72 Å². The molecule has 0 aliphatic carbocycles. The number of urea groups is 1. The lowest BCUT2D eigenvalue weighted by molar-refractivity contribution is 0.253. The maximum absolute atomic E-state index is 11.5. The number of sulfonamides is 1. The number of carbonyl (C=O) groups excluding carboxylic acids is 1. The molecule has 0 saturated carbocycles. The van der Waals surface area contributed by atoms with E-state index in [-0.39, 0.29) is 4.90 Å². The molecule has 2 amide bonds. The lowest BCUT2D eigenvalue weighted by Gasteiger charge is -2.05. The lowest BCUT2D eigenvalue weighted by Crippen LogP contribution is -2.34. The largest absolute Gasteiger partial charge is 0.351 e. The molecule has 0 spiro atoms. The van der Waals surface area contributed by atoms with Gasteiger partial charge in [-0.2, -0.15) is 0 Å². The van der Waals surface area contributed by atoms with Gasteiger partial charge in [-0.25, -0.2) is 17.9 Å². The highest BCUT2D eigenvalue weighted by Crippen LogP contribution is 2.10. The van der Waals surface area contributed by atoms with Gasteiger partial charge in [0.2, 0.25) is 0 Å². The highest BCUT2D eigenvalue weighted by atomic mass is 32.2. The van der Waals surface area contributed by atoms with Crippen molar-refractivity contribution in [3.05, 3.63) is 29.8 Å². The molecule has 0 unspecified atom stereocenters. The summed E-state index contributed by atoms with van der Waals surface area (Å²) in [6, 6.07) is 4.98. The summed E-state index contributed by atoms with van der Waals surface area (Å²) in [5.41, 5.74) is 11.0. The molecule has 88 valence electrons. The Labute approximate surface area is 93.7 Å². The van der Waals surface area contributed by atoms with Crippen molar-refractivity contribution in [1.29, 1.82) is 0 Å². The van der Waals surface area contributed by atoms with E-state index in [0.29, 0.717) is 13.0 Å². The number of benzene rings is 1. The molecule has 0 atom stereocenters. The van der Waals surface area contributed by atoms with Gasteiger partial charge in [0, 0.05) is 0 Å². The third-order valence-corrected chi connectivity index (χ3v) is 3.26. The molecule has 5 N–H and O–H groups in total. The van der Waals surface area contributed by atoms with E-state index in [2.05, 4.69) is 0 Å². The Morgan fingerprint density at radius 2 is 1.81 bits per heavy atom. The predicted octanol–water partition coefficient (Wildman–Crippen LogP) is -0.455. The second-order valence-corrected chi connectivity index (χ2v) is 4.83. The van der Waals surface area contributed by atoms with Gasteiger partial charge < -0.3 is 11.5 Å². The fraction of sp³-hybridized carbons (Fsp3) is 0.222. The van der Waals surface area contributed by atoms with Gasteiger partial charge in [-0.3, -0.25) is 0 Å². The van der Waals surface area contributed by atoms with Gasteiger partial charge in [-0.15, -0.1) is 0 Å². The smallest absolute Gasteiger partial charge is 0.326 e. The first-order valence-electron chi connectivity index (χ1n) is 4.57. The molecule has 0 radical (unpaired) electrons. The van der Waals surface area contributed by atoms with Crippen molar-refractivity contribution in [2.75, 3.05) is 6.54 Å². The van der Waals surface area contributed by atoms with Crippen LogP contribution in [0.25, 0.3) is 0 Å². The van der Waals surface area contributed by atoms with Gasteiger partial charge >= 0.3 is 6.03 Å². The Bertz CT molecular complexity index is 467. The van der Waals surface area contributed by atoms with Crippen molar-refractivity contribution in [2.45, 2.75) is 11.3 Å². The number of hydrogen-bond donors (Lipinski definition) is 3. The van der Waals surface area contributed by atoms with E-state index >= 15 is 0 Å². The molecule has 6 nitrogen and oxygen atoms in total. The number of hydrogen-bond acceptors (Lipinski definition) is 4. The SMILES string of the molecule is NCCc1ccc(S(=O)(=O)NC(N)=O)cc1. The average molecular weight is 243 g/mol. The molecule has 0 saturated heterocycles. The molecule has 0 aliphatic heterocycles. The Balaban J connectivity index is 2.93. The normalized spacial score (nSPS) is 11.1. The summed E-state index contributed by atoms with van der Waals surface area (Å²) in [6.07, 6.45) is 0.670. The third-order valence-electron chi connectivity index (χ3n) is 1.90. The second kappa shape index (κ2) is 4.95. The van der Waals surface area contributed by atoms with Gasteiger partial charge in [0.25, 0.3) is 10.0 Å². The van der Waals surface area contributed by atoms with Gasteiger partial charge in [-0.05, 0) is 30.7 Å². The Morgan fingerprint density at radius 1 is 1.25 bits per heavy atom. The summed E-state index contributed by atoms with van der Waals surface area (Å²) < 4.78 is 24.6. The number of rotatable bonds is 4. The van der Waals surface area contributed by atoms with Crippen LogP contribution in [0.1, 0.15) is 5.56 Å². The Hall–Kier alpha value is -1.60. The van der Waals surface area contributed by atoms with Crippen LogP contribution in [0.2, 0.25) is 0 Å². The second-order valence-electron chi connectivity index (χ2n) is 3.15. The zero-order valence-electron chi connectivity index (χ0n) is 8.51. The summed E-state index contributed by atoms with van der Waals surface area (Å²) in [4.78, 5) is 10.5. The molecule has 0 bridgehead atoms. The van der Waals surface area contributed by atoms with Crippen LogP contribution >= 0.6 is 0 Å². The topological polar surface area (TPSA) is 115 Å². The summed E-state index contributed by atoms with van der Waals surface area (Å²) in [6.45, 7) is 0.492. The third kappa shape index (κ3) is 3.21. The fourth-order valence-electron chi connectivity index (χ4n) is 1.19. The standard InChI is InChI=1S/C9H13N3O3S/c10-6-5-7-1-3-8(4-2-7)16(14,15)12-9(11)13/h1-4H,5-6,10H2,(H3,11,12,13). The number of nitrogens with two attached hydrogens (primary N) is 2. The van der Waals surface area contributed by atoms with E-state index in [1.54, 1.807) is 16.9 Å². The first-order valence-corrected chi connectivity index (χ1v) is 6.05. The van der Waals surface area contributed by atoms with Crippen LogP contribution in [0.15, 0.2) is 29.2 Å². The highest BCUT2D eigenvalue weighted by molar-refractivity contribution is 7.90. The molecule has 16 heavy (non-hydrogen) atoms. The quantitative estimate of drug-likeness (QED) is 0.663. The summed E-state index contributed by atoms with van der Waals surface area (Å²) in [5.74, 6) is 0. The van der Waals surface area contributed by atoms with Crippen molar-refractivity contribution in [3.63, 3.8) is 0 Å². The maximum atomic E-state index is 11.5. The summed E-state index contributed by atoms with van der Waals surface area (Å²) >= 11 is 0. The van der Waals surface area contributed by atoms with Crippen LogP contribution in [-0.2, 0) is 16.4 Å². The number of primary amides is 1. The molecule has 7 heteroatoms. The molecule has 0 fully saturated rings. The van der Waals surface area contributed by atoms with Crippen molar-refractivity contribution < 1.29 is 13.2 Å². The van der Waals surface area contributed by atoms with E-state index in [1.807, 2.05) is 0 Å². The monoisotopic (exact) mass is 243 g/mol. The first kappa shape index (κ1) is 12.5. The average Bonchev–Trinajstić information content (AvgIpc) is 2.17. The van der Waals surface area contributed by atoms with Crippen LogP contribution in [0.5, 0.6) is 0 Å². The lowest BCUT2D eigenvalue weighted by atomic mass is 10.2. The Kier molecular flexibility index (Phi) is 3.86. The van der Waals surface area contributed by atoms with E-state index in [4.69, 9.17) is 11.5 Å². The zero-order chi connectivity index (χ0) is 12.2. The summed E-state index contributed by atoms with van der Waals surface area (Å²) in [7, 11) is -3.85. The van der Waals surface area contributed by atoms with Crippen molar-refractivity contribution in [2.24, 2.45) is 11.5 Å². The molecular formula is C9H13N3O3S. The van der Waals surface area contributed by atoms with Crippen molar-refractivity contribution >= 4 is 16.1 Å². The minimum atomic E-state index is -3.85. The number of carbonyl (C=O) groups is 1. The summed E-state index contributed by atoms with van der Waals surface area (Å²) in [5, 5.41) is 0. The van der Waals surface area contributed by atoms with E-state index < -0.39 is 16.1 Å². The van der Waals surface area contributed by atoms with Crippen LogP contribution in [-0.4, -0.2) is 21.0 Å². The molecule has 0 aliphatic rings. The molecule has 1 rings (SSSR count). The molecule has 0 heterocycles. The van der Waals surface area contributed by atoms with E-state index in [0.717, 1.165) is 5.56 Å². The minimum absolute atomic E-state index is 0.00734. The first-order chi connectivity index (χ1) is 7.45. The highest BCUT2D eigenvalue weighted by Gasteiger charge is 2.15. The van der Waals surface area contributed by atoms with Gasteiger partial charge in [0.15, 0.2) is 0 Å². The van der Waals surface area contributed by atoms with Crippen molar-refractivity contribution in [3.8, 4) is 0 Å². The van der Waals surface area contributed by atoms with Crippen LogP contribution in [0, 0.1) is 0 Å².